The van der Waals surface area contributed by atoms with Gasteiger partial charge in [-0.3, -0.25) is 0 Å². The molecule has 1 atom stereocenters. The van der Waals surface area contributed by atoms with Gasteiger partial charge >= 0.3 is 0 Å². The Morgan fingerprint density at radius 1 is 1.42 bits per heavy atom. The summed E-state index contributed by atoms with van der Waals surface area (Å²) in [5, 5.41) is 0. The van der Waals surface area contributed by atoms with Crippen molar-refractivity contribution >= 4 is 11.8 Å². The maximum absolute atomic E-state index is 3.95. The Balaban J connectivity index is 2.21. The van der Waals surface area contributed by atoms with E-state index in [9.17, 15) is 0 Å². The number of hydrogen-bond acceptors (Lipinski definition) is 1. The smallest absolute Gasteiger partial charge is 0.000177 e. The zero-order chi connectivity index (χ0) is 8.39. The molecule has 1 aliphatic rings. The molecule has 63 valence electrons. The lowest BCUT2D eigenvalue weighted by atomic mass is 9.97. The highest BCUT2D eigenvalue weighted by Gasteiger charge is 2.16. The van der Waals surface area contributed by atoms with E-state index < -0.39 is 0 Å². The van der Waals surface area contributed by atoms with Gasteiger partial charge in [-0.1, -0.05) is 24.3 Å². The molecule has 1 aliphatic heterocycles. The fourth-order valence-corrected chi connectivity index (χ4v) is 2.91. The molecule has 0 aromatic heterocycles. The highest BCUT2D eigenvalue weighted by atomic mass is 32.2. The average Bonchev–Trinajstić information content (AvgIpc) is 2.56. The van der Waals surface area contributed by atoms with Crippen LogP contribution in [0.2, 0.25) is 0 Å². The summed E-state index contributed by atoms with van der Waals surface area (Å²) < 4.78 is 0. The average molecular weight is 177 g/mol. The van der Waals surface area contributed by atoms with Gasteiger partial charge in [0.1, 0.15) is 0 Å². The molecule has 1 radical (unpaired) electrons. The molecule has 0 nitrogen and oxygen atoms in total. The van der Waals surface area contributed by atoms with Crippen molar-refractivity contribution in [1.29, 1.82) is 0 Å². The topological polar surface area (TPSA) is 0 Å². The van der Waals surface area contributed by atoms with Gasteiger partial charge < -0.3 is 0 Å². The second-order valence-corrected chi connectivity index (χ2v) is 4.46. The third-order valence-electron chi connectivity index (χ3n) is 2.35. The van der Waals surface area contributed by atoms with Crippen LogP contribution in [-0.2, 0) is 0 Å². The standard InChI is InChI=1S/C11H13S/c1-9-3-2-4-10(7-9)11-5-6-12-8-11/h2-4,7,11H,1,5-6,8H2. The summed E-state index contributed by atoms with van der Waals surface area (Å²) >= 11 is 2.06. The SMILES string of the molecule is [CH2]c1cccc(C2CCSC2)c1. The van der Waals surface area contributed by atoms with Gasteiger partial charge in [0.05, 0.1) is 0 Å². The lowest BCUT2D eigenvalue weighted by Gasteiger charge is -2.08. The Morgan fingerprint density at radius 2 is 2.33 bits per heavy atom. The molecule has 1 heterocycles. The van der Waals surface area contributed by atoms with Crippen LogP contribution >= 0.6 is 11.8 Å². The first-order valence-electron chi connectivity index (χ1n) is 4.36. The Morgan fingerprint density at radius 3 is 3.00 bits per heavy atom. The van der Waals surface area contributed by atoms with Crippen molar-refractivity contribution in [3.05, 3.63) is 42.3 Å². The van der Waals surface area contributed by atoms with Gasteiger partial charge in [0, 0.05) is 5.75 Å². The fourth-order valence-electron chi connectivity index (χ4n) is 1.64. The van der Waals surface area contributed by atoms with Gasteiger partial charge in [-0.15, -0.1) is 0 Å². The minimum atomic E-state index is 0.789. The molecule has 12 heavy (non-hydrogen) atoms. The maximum atomic E-state index is 3.95. The molecule has 1 saturated heterocycles. The summed E-state index contributed by atoms with van der Waals surface area (Å²) in [6.07, 6.45) is 1.34. The molecule has 0 bridgehead atoms. The van der Waals surface area contributed by atoms with Crippen LogP contribution in [0.25, 0.3) is 0 Å². The van der Waals surface area contributed by atoms with Gasteiger partial charge in [-0.2, -0.15) is 11.8 Å². The van der Waals surface area contributed by atoms with E-state index in [1.165, 1.54) is 23.5 Å². The summed E-state index contributed by atoms with van der Waals surface area (Å²) in [5.74, 6) is 3.41. The van der Waals surface area contributed by atoms with Crippen LogP contribution in [0.3, 0.4) is 0 Å². The lowest BCUT2D eigenvalue weighted by molar-refractivity contribution is 0.782. The summed E-state index contributed by atoms with van der Waals surface area (Å²) in [6.45, 7) is 3.95. The van der Waals surface area contributed by atoms with Crippen LogP contribution in [0, 0.1) is 6.92 Å². The molecule has 1 heteroatoms. The Kier molecular flexibility index (Phi) is 2.40. The minimum absolute atomic E-state index is 0.789. The second-order valence-electron chi connectivity index (χ2n) is 3.31. The molecular weight excluding hydrogens is 164 g/mol. The van der Waals surface area contributed by atoms with E-state index in [1.807, 2.05) is 0 Å². The molecule has 2 rings (SSSR count). The Bertz CT molecular complexity index is 261. The second kappa shape index (κ2) is 3.53. The number of thioether (sulfide) groups is 1. The van der Waals surface area contributed by atoms with Crippen LogP contribution in [-0.4, -0.2) is 11.5 Å². The zero-order valence-corrected chi connectivity index (χ0v) is 7.94. The predicted octanol–water partition coefficient (Wildman–Crippen LogP) is 3.09. The van der Waals surface area contributed by atoms with E-state index in [1.54, 1.807) is 0 Å². The van der Waals surface area contributed by atoms with E-state index >= 15 is 0 Å². The van der Waals surface area contributed by atoms with Crippen LogP contribution in [0.4, 0.5) is 0 Å². The maximum Gasteiger partial charge on any atom is 0.000177 e. The first-order chi connectivity index (χ1) is 5.86. The van der Waals surface area contributed by atoms with Gasteiger partial charge in [-0.25, -0.2) is 0 Å². The normalized spacial score (nSPS) is 22.9. The van der Waals surface area contributed by atoms with E-state index in [2.05, 4.69) is 43.0 Å². The van der Waals surface area contributed by atoms with E-state index in [0.717, 1.165) is 11.5 Å². The Labute approximate surface area is 78.4 Å². The van der Waals surface area contributed by atoms with Gasteiger partial charge in [0.25, 0.3) is 0 Å². The van der Waals surface area contributed by atoms with Crippen LogP contribution in [0.1, 0.15) is 23.5 Å². The van der Waals surface area contributed by atoms with E-state index in [-0.39, 0.29) is 0 Å². The molecule has 0 aliphatic carbocycles. The third-order valence-corrected chi connectivity index (χ3v) is 3.51. The molecule has 1 fully saturated rings. The summed E-state index contributed by atoms with van der Waals surface area (Å²) in [5.41, 5.74) is 2.62. The third kappa shape index (κ3) is 1.66. The van der Waals surface area contributed by atoms with Crippen molar-refractivity contribution in [3.8, 4) is 0 Å². The van der Waals surface area contributed by atoms with Crippen molar-refractivity contribution in [1.82, 2.24) is 0 Å². The van der Waals surface area contributed by atoms with Gasteiger partial charge in [-0.05, 0) is 36.1 Å². The quantitative estimate of drug-likeness (QED) is 0.635. The number of hydrogen-bond donors (Lipinski definition) is 0. The summed E-state index contributed by atoms with van der Waals surface area (Å²) in [4.78, 5) is 0. The zero-order valence-electron chi connectivity index (χ0n) is 7.12. The van der Waals surface area contributed by atoms with Crippen molar-refractivity contribution in [2.45, 2.75) is 12.3 Å². The van der Waals surface area contributed by atoms with E-state index in [0.29, 0.717) is 0 Å². The van der Waals surface area contributed by atoms with Crippen LogP contribution in [0.5, 0.6) is 0 Å². The van der Waals surface area contributed by atoms with Gasteiger partial charge in [0.15, 0.2) is 0 Å². The molecule has 1 aromatic rings. The van der Waals surface area contributed by atoms with Crippen molar-refractivity contribution in [2.24, 2.45) is 0 Å². The van der Waals surface area contributed by atoms with Crippen molar-refractivity contribution in [3.63, 3.8) is 0 Å². The number of benzene rings is 1. The number of rotatable bonds is 1. The molecule has 1 unspecified atom stereocenters. The predicted molar refractivity (Wildman–Crippen MR) is 55.6 cm³/mol. The molecule has 1 aromatic carbocycles. The molecule has 0 amide bonds. The van der Waals surface area contributed by atoms with E-state index in [4.69, 9.17) is 0 Å². The highest BCUT2D eigenvalue weighted by Crippen LogP contribution is 2.32. The molecule has 0 spiro atoms. The van der Waals surface area contributed by atoms with Crippen molar-refractivity contribution in [2.75, 3.05) is 11.5 Å². The largest absolute Gasteiger partial charge is 0.161 e. The minimum Gasteiger partial charge on any atom is -0.161 e. The van der Waals surface area contributed by atoms with Crippen molar-refractivity contribution < 1.29 is 0 Å². The molecule has 0 saturated carbocycles. The fraction of sp³-hybridized carbons (Fsp3) is 0.364. The highest BCUT2D eigenvalue weighted by molar-refractivity contribution is 7.99. The summed E-state index contributed by atoms with van der Waals surface area (Å²) in [7, 11) is 0. The van der Waals surface area contributed by atoms with Crippen LogP contribution in [0.15, 0.2) is 24.3 Å². The Hall–Kier alpha value is -0.430. The summed E-state index contributed by atoms with van der Waals surface area (Å²) in [6, 6.07) is 8.62. The molecular formula is C11H13S. The van der Waals surface area contributed by atoms with Gasteiger partial charge in [0.2, 0.25) is 0 Å². The van der Waals surface area contributed by atoms with Crippen LogP contribution < -0.4 is 0 Å². The monoisotopic (exact) mass is 177 g/mol. The first kappa shape index (κ1) is 8.18. The first-order valence-corrected chi connectivity index (χ1v) is 5.51. The lowest BCUT2D eigenvalue weighted by Crippen LogP contribution is -1.95. The molecule has 0 N–H and O–H groups in total.